The van der Waals surface area contributed by atoms with Gasteiger partial charge in [-0.2, -0.15) is 0 Å². The second-order valence-electron chi connectivity index (χ2n) is 7.64. The first-order chi connectivity index (χ1) is 10.00. The van der Waals surface area contributed by atoms with Crippen LogP contribution in [0.3, 0.4) is 0 Å². The van der Waals surface area contributed by atoms with Crippen molar-refractivity contribution in [3.8, 4) is 0 Å². The largest absolute Gasteiger partial charge is 0.357 e. The third-order valence-corrected chi connectivity index (χ3v) is 4.63. The molecule has 0 aromatic rings. The van der Waals surface area contributed by atoms with Crippen molar-refractivity contribution in [3.05, 3.63) is 0 Å². The van der Waals surface area contributed by atoms with Crippen molar-refractivity contribution in [2.45, 2.75) is 47.0 Å². The fourth-order valence-corrected chi connectivity index (χ4v) is 3.43. The van der Waals surface area contributed by atoms with E-state index in [2.05, 4.69) is 42.8 Å². The van der Waals surface area contributed by atoms with E-state index in [1.165, 1.54) is 38.9 Å². The Kier molecular flexibility index (Phi) is 5.91. The van der Waals surface area contributed by atoms with E-state index < -0.39 is 0 Å². The Morgan fingerprint density at radius 1 is 1.24 bits per heavy atom. The van der Waals surface area contributed by atoms with Gasteiger partial charge in [-0.25, -0.2) is 0 Å². The molecule has 1 atom stereocenters. The van der Waals surface area contributed by atoms with Crippen molar-refractivity contribution in [1.29, 1.82) is 0 Å². The van der Waals surface area contributed by atoms with Gasteiger partial charge in [0.15, 0.2) is 5.96 Å². The van der Waals surface area contributed by atoms with Gasteiger partial charge in [-0.05, 0) is 50.6 Å². The highest BCUT2D eigenvalue weighted by Gasteiger charge is 2.30. The first-order valence-electron chi connectivity index (χ1n) is 8.76. The fraction of sp³-hybridized carbons (Fsp3) is 0.941. The summed E-state index contributed by atoms with van der Waals surface area (Å²) in [4.78, 5) is 9.93. The number of hydrogen-bond acceptors (Lipinski definition) is 2. The van der Waals surface area contributed by atoms with Gasteiger partial charge in [-0.1, -0.05) is 20.8 Å². The van der Waals surface area contributed by atoms with E-state index in [0.717, 1.165) is 32.1 Å². The van der Waals surface area contributed by atoms with Gasteiger partial charge >= 0.3 is 0 Å². The molecule has 0 amide bonds. The number of nitrogens with zero attached hydrogens (tertiary/aromatic N) is 3. The summed E-state index contributed by atoms with van der Waals surface area (Å²) in [5.74, 6) is 1.77. The lowest BCUT2D eigenvalue weighted by atomic mass is 9.93. The predicted molar refractivity (Wildman–Crippen MR) is 90.8 cm³/mol. The van der Waals surface area contributed by atoms with E-state index in [9.17, 15) is 0 Å². The molecule has 122 valence electrons. The highest BCUT2D eigenvalue weighted by molar-refractivity contribution is 5.80. The molecule has 0 saturated carbocycles. The van der Waals surface area contributed by atoms with Gasteiger partial charge in [0.1, 0.15) is 0 Å². The summed E-state index contributed by atoms with van der Waals surface area (Å²) in [5.41, 5.74) is 0.428. The van der Waals surface area contributed by atoms with Crippen molar-refractivity contribution in [3.63, 3.8) is 0 Å². The van der Waals surface area contributed by atoms with Crippen molar-refractivity contribution in [1.82, 2.24) is 15.1 Å². The molecular weight excluding hydrogens is 260 g/mol. The number of hydrogen-bond donors (Lipinski definition) is 1. The summed E-state index contributed by atoms with van der Waals surface area (Å²) in [6, 6.07) is 0. The minimum Gasteiger partial charge on any atom is -0.357 e. The van der Waals surface area contributed by atoms with Crippen LogP contribution in [0.15, 0.2) is 4.99 Å². The quantitative estimate of drug-likeness (QED) is 0.624. The van der Waals surface area contributed by atoms with Crippen LogP contribution < -0.4 is 5.32 Å². The monoisotopic (exact) mass is 294 g/mol. The van der Waals surface area contributed by atoms with Crippen molar-refractivity contribution < 1.29 is 0 Å². The highest BCUT2D eigenvalue weighted by atomic mass is 15.3. The summed E-state index contributed by atoms with van der Waals surface area (Å²) < 4.78 is 0. The topological polar surface area (TPSA) is 30.9 Å². The van der Waals surface area contributed by atoms with Crippen LogP contribution >= 0.6 is 0 Å². The van der Waals surface area contributed by atoms with Gasteiger partial charge < -0.3 is 15.1 Å². The van der Waals surface area contributed by atoms with Gasteiger partial charge in [-0.3, -0.25) is 4.99 Å². The average Bonchev–Trinajstić information content (AvgIpc) is 3.04. The fourth-order valence-electron chi connectivity index (χ4n) is 3.43. The normalized spacial score (nSPS) is 24.6. The first-order valence-corrected chi connectivity index (χ1v) is 8.76. The molecular formula is C17H34N4. The summed E-state index contributed by atoms with van der Waals surface area (Å²) in [6.07, 6.45) is 4.02. The number of guanidine groups is 1. The Balaban J connectivity index is 1.85. The maximum atomic E-state index is 4.91. The van der Waals surface area contributed by atoms with Crippen LogP contribution in [0.1, 0.15) is 47.0 Å². The molecule has 2 heterocycles. The molecule has 2 aliphatic heterocycles. The van der Waals surface area contributed by atoms with Crippen LogP contribution in [0.5, 0.6) is 0 Å². The molecule has 0 spiro atoms. The summed E-state index contributed by atoms with van der Waals surface area (Å²) in [5, 5.41) is 3.47. The van der Waals surface area contributed by atoms with Gasteiger partial charge in [0.05, 0.1) is 0 Å². The summed E-state index contributed by atoms with van der Waals surface area (Å²) in [7, 11) is 0. The maximum Gasteiger partial charge on any atom is 0.193 e. The Hall–Kier alpha value is -0.770. The number of nitrogens with one attached hydrogen (secondary N) is 1. The molecule has 1 unspecified atom stereocenters. The zero-order chi connectivity index (χ0) is 15.3. The van der Waals surface area contributed by atoms with Crippen LogP contribution in [0, 0.1) is 11.3 Å². The smallest absolute Gasteiger partial charge is 0.193 e. The average molecular weight is 294 g/mol. The zero-order valence-electron chi connectivity index (χ0n) is 14.5. The molecule has 4 nitrogen and oxygen atoms in total. The van der Waals surface area contributed by atoms with Gasteiger partial charge in [-0.15, -0.1) is 0 Å². The zero-order valence-corrected chi connectivity index (χ0v) is 14.5. The van der Waals surface area contributed by atoms with E-state index >= 15 is 0 Å². The van der Waals surface area contributed by atoms with Gasteiger partial charge in [0.2, 0.25) is 0 Å². The van der Waals surface area contributed by atoms with E-state index in [1.54, 1.807) is 0 Å². The van der Waals surface area contributed by atoms with E-state index in [0.29, 0.717) is 11.3 Å². The molecule has 0 aliphatic carbocycles. The summed E-state index contributed by atoms with van der Waals surface area (Å²) >= 11 is 0. The van der Waals surface area contributed by atoms with Crippen molar-refractivity contribution in [2.75, 3.05) is 45.8 Å². The van der Waals surface area contributed by atoms with E-state index in [-0.39, 0.29) is 0 Å². The summed E-state index contributed by atoms with van der Waals surface area (Å²) in [6.45, 7) is 17.1. The lowest BCUT2D eigenvalue weighted by Gasteiger charge is -2.24. The molecule has 0 aromatic carbocycles. The Bertz CT molecular complexity index is 345. The molecule has 2 aliphatic rings. The molecule has 2 fully saturated rings. The van der Waals surface area contributed by atoms with Gasteiger partial charge in [0, 0.05) is 32.7 Å². The van der Waals surface area contributed by atoms with Gasteiger partial charge in [0.25, 0.3) is 0 Å². The van der Waals surface area contributed by atoms with Crippen molar-refractivity contribution >= 4 is 5.96 Å². The number of likely N-dealkylation sites (tertiary alicyclic amines) is 2. The van der Waals surface area contributed by atoms with Crippen LogP contribution in [0.25, 0.3) is 0 Å². The minimum atomic E-state index is 0.428. The molecule has 2 rings (SSSR count). The Labute approximate surface area is 131 Å². The highest BCUT2D eigenvalue weighted by Crippen LogP contribution is 2.28. The minimum absolute atomic E-state index is 0.428. The van der Waals surface area contributed by atoms with E-state index in [4.69, 9.17) is 4.99 Å². The molecule has 0 bridgehead atoms. The predicted octanol–water partition coefficient (Wildman–Crippen LogP) is 2.42. The Morgan fingerprint density at radius 2 is 1.95 bits per heavy atom. The Morgan fingerprint density at radius 3 is 2.52 bits per heavy atom. The third-order valence-electron chi connectivity index (χ3n) is 4.63. The number of rotatable bonds is 5. The van der Waals surface area contributed by atoms with Crippen molar-refractivity contribution in [2.24, 2.45) is 16.3 Å². The van der Waals surface area contributed by atoms with Crippen LogP contribution in [0.2, 0.25) is 0 Å². The second-order valence-corrected chi connectivity index (χ2v) is 7.64. The second kappa shape index (κ2) is 7.48. The molecule has 0 aromatic heterocycles. The molecule has 4 heteroatoms. The van der Waals surface area contributed by atoms with Crippen LogP contribution in [-0.4, -0.2) is 61.6 Å². The maximum absolute atomic E-state index is 4.91. The number of aliphatic imine (C=N–C) groups is 1. The SMILES string of the molecule is CCNC(=NCC(C)CN1CCCC1)N1CCC(C)(C)C1. The van der Waals surface area contributed by atoms with Crippen LogP contribution in [0.4, 0.5) is 0 Å². The lowest BCUT2D eigenvalue weighted by Crippen LogP contribution is -2.41. The first kappa shape index (κ1) is 16.6. The van der Waals surface area contributed by atoms with Crippen LogP contribution in [-0.2, 0) is 0 Å². The molecule has 1 N–H and O–H groups in total. The molecule has 21 heavy (non-hydrogen) atoms. The van der Waals surface area contributed by atoms with E-state index in [1.807, 2.05) is 0 Å². The molecule has 2 saturated heterocycles. The third kappa shape index (κ3) is 5.17. The lowest BCUT2D eigenvalue weighted by molar-refractivity contribution is 0.291. The molecule has 0 radical (unpaired) electrons. The standard InChI is InChI=1S/C17H34N4/c1-5-18-16(21-11-8-17(3,4)14-21)19-12-15(2)13-20-9-6-7-10-20/h15H,5-14H2,1-4H3,(H,18,19).